The van der Waals surface area contributed by atoms with Gasteiger partial charge in [0.2, 0.25) is 0 Å². The first-order chi connectivity index (χ1) is 6.85. The van der Waals surface area contributed by atoms with Crippen LogP contribution in [0.2, 0.25) is 0 Å². The Hall–Kier alpha value is -1.16. The Kier molecular flexibility index (Phi) is 2.63. The number of fused-ring (bicyclic) bond motifs is 1. The largest absolute Gasteiger partial charge is 0.497 e. The lowest BCUT2D eigenvalue weighted by Crippen LogP contribution is -1.87. The van der Waals surface area contributed by atoms with Crippen LogP contribution in [0.5, 0.6) is 5.75 Å². The van der Waals surface area contributed by atoms with Crippen molar-refractivity contribution in [2.75, 3.05) is 12.9 Å². The highest BCUT2D eigenvalue weighted by atomic mass is 32.1. The Morgan fingerprint density at radius 2 is 2.36 bits per heavy atom. The molecular formula is C10H11NO2S. The first-order valence-corrected chi connectivity index (χ1v) is 5.01. The predicted octanol–water partition coefficient (Wildman–Crippen LogP) is 2.31. The molecule has 0 atom stereocenters. The fourth-order valence-corrected chi connectivity index (χ4v) is 1.59. The minimum Gasteiger partial charge on any atom is -0.497 e. The zero-order valence-electron chi connectivity index (χ0n) is 7.86. The van der Waals surface area contributed by atoms with Gasteiger partial charge in [-0.3, -0.25) is 0 Å². The topological polar surface area (TPSA) is 35.3 Å². The van der Waals surface area contributed by atoms with Crippen molar-refractivity contribution in [3.63, 3.8) is 0 Å². The molecule has 3 nitrogen and oxygen atoms in total. The number of hydrogen-bond acceptors (Lipinski definition) is 4. The summed E-state index contributed by atoms with van der Waals surface area (Å²) in [6, 6.07) is 5.66. The van der Waals surface area contributed by atoms with Crippen LogP contribution in [0.15, 0.2) is 22.7 Å². The Bertz CT molecular complexity index is 439. The third-order valence-corrected chi connectivity index (χ3v) is 2.32. The van der Waals surface area contributed by atoms with Gasteiger partial charge in [0.1, 0.15) is 5.75 Å². The molecule has 0 saturated heterocycles. The van der Waals surface area contributed by atoms with Gasteiger partial charge in [-0.15, -0.1) is 0 Å². The predicted molar refractivity (Wildman–Crippen MR) is 58.1 cm³/mol. The van der Waals surface area contributed by atoms with Gasteiger partial charge >= 0.3 is 0 Å². The molecule has 0 spiro atoms. The minimum atomic E-state index is 0.763. The van der Waals surface area contributed by atoms with Gasteiger partial charge in [0.15, 0.2) is 5.58 Å². The van der Waals surface area contributed by atoms with Crippen molar-refractivity contribution in [1.29, 1.82) is 0 Å². The maximum Gasteiger partial charge on any atom is 0.167 e. The lowest BCUT2D eigenvalue weighted by molar-refractivity contribution is 0.415. The molecule has 1 aromatic heterocycles. The lowest BCUT2D eigenvalue weighted by atomic mass is 10.2. The molecular weight excluding hydrogens is 198 g/mol. The number of ether oxygens (including phenoxy) is 1. The van der Waals surface area contributed by atoms with E-state index in [1.165, 1.54) is 0 Å². The van der Waals surface area contributed by atoms with Crippen molar-refractivity contribution in [3.8, 4) is 5.75 Å². The van der Waals surface area contributed by atoms with Crippen LogP contribution in [-0.2, 0) is 6.42 Å². The molecule has 0 fully saturated rings. The first-order valence-electron chi connectivity index (χ1n) is 4.38. The molecule has 2 rings (SSSR count). The van der Waals surface area contributed by atoms with E-state index in [0.717, 1.165) is 34.6 Å². The summed E-state index contributed by atoms with van der Waals surface area (Å²) < 4.78 is 10.3. The third kappa shape index (κ3) is 1.57. The van der Waals surface area contributed by atoms with E-state index >= 15 is 0 Å². The number of benzene rings is 1. The van der Waals surface area contributed by atoms with Crippen molar-refractivity contribution >= 4 is 23.6 Å². The average molecular weight is 209 g/mol. The molecule has 0 saturated carbocycles. The fraction of sp³-hybridized carbons (Fsp3) is 0.300. The van der Waals surface area contributed by atoms with Gasteiger partial charge in [0, 0.05) is 11.8 Å². The molecule has 1 heterocycles. The molecule has 2 aromatic rings. The highest BCUT2D eigenvalue weighted by Crippen LogP contribution is 2.24. The molecule has 0 radical (unpaired) electrons. The zero-order valence-corrected chi connectivity index (χ0v) is 8.75. The zero-order chi connectivity index (χ0) is 9.97. The summed E-state index contributed by atoms with van der Waals surface area (Å²) in [6.45, 7) is 0. The summed E-state index contributed by atoms with van der Waals surface area (Å²) in [5.41, 5.74) is 1.73. The van der Waals surface area contributed by atoms with E-state index < -0.39 is 0 Å². The molecule has 4 heteroatoms. The van der Waals surface area contributed by atoms with E-state index in [4.69, 9.17) is 9.26 Å². The second-order valence-corrected chi connectivity index (χ2v) is 3.41. The Morgan fingerprint density at radius 1 is 1.50 bits per heavy atom. The SMILES string of the molecule is COc1ccc2onc(CCS)c2c1. The molecule has 0 unspecified atom stereocenters. The van der Waals surface area contributed by atoms with E-state index in [1.807, 2.05) is 18.2 Å². The Balaban J connectivity index is 2.52. The van der Waals surface area contributed by atoms with E-state index in [2.05, 4.69) is 17.8 Å². The van der Waals surface area contributed by atoms with Gasteiger partial charge in [0.25, 0.3) is 0 Å². The van der Waals surface area contributed by atoms with E-state index in [1.54, 1.807) is 7.11 Å². The van der Waals surface area contributed by atoms with Gasteiger partial charge in [-0.05, 0) is 24.0 Å². The molecule has 14 heavy (non-hydrogen) atoms. The van der Waals surface area contributed by atoms with Crippen LogP contribution >= 0.6 is 12.6 Å². The molecule has 0 aliphatic carbocycles. The second kappa shape index (κ2) is 3.92. The summed E-state index contributed by atoms with van der Waals surface area (Å²) in [7, 11) is 1.65. The maximum absolute atomic E-state index is 5.16. The molecule has 0 aliphatic heterocycles. The van der Waals surface area contributed by atoms with Gasteiger partial charge < -0.3 is 9.26 Å². The number of rotatable bonds is 3. The number of methoxy groups -OCH3 is 1. The third-order valence-electron chi connectivity index (χ3n) is 2.10. The fourth-order valence-electron chi connectivity index (χ4n) is 1.38. The summed E-state index contributed by atoms with van der Waals surface area (Å²) >= 11 is 4.17. The van der Waals surface area contributed by atoms with Crippen LogP contribution in [0.3, 0.4) is 0 Å². The summed E-state index contributed by atoms with van der Waals surface area (Å²) in [5, 5.41) is 4.99. The van der Waals surface area contributed by atoms with Crippen molar-refractivity contribution in [3.05, 3.63) is 23.9 Å². The average Bonchev–Trinajstić information content (AvgIpc) is 2.61. The highest BCUT2D eigenvalue weighted by molar-refractivity contribution is 7.80. The Morgan fingerprint density at radius 3 is 3.07 bits per heavy atom. The molecule has 74 valence electrons. The van der Waals surface area contributed by atoms with Crippen molar-refractivity contribution in [2.24, 2.45) is 0 Å². The number of thiol groups is 1. The second-order valence-electron chi connectivity index (χ2n) is 2.96. The normalized spacial score (nSPS) is 10.7. The van der Waals surface area contributed by atoms with Gasteiger partial charge in [0.05, 0.1) is 12.8 Å². The van der Waals surface area contributed by atoms with Gasteiger partial charge in [-0.25, -0.2) is 0 Å². The maximum atomic E-state index is 5.16. The smallest absolute Gasteiger partial charge is 0.167 e. The lowest BCUT2D eigenvalue weighted by Gasteiger charge is -1.98. The number of hydrogen-bond donors (Lipinski definition) is 1. The Labute approximate surface area is 87.4 Å². The van der Waals surface area contributed by atoms with Crippen LogP contribution in [0.4, 0.5) is 0 Å². The summed E-state index contributed by atoms with van der Waals surface area (Å²) in [4.78, 5) is 0. The molecule has 0 amide bonds. The van der Waals surface area contributed by atoms with E-state index in [9.17, 15) is 0 Å². The molecule has 0 aliphatic rings. The summed E-state index contributed by atoms with van der Waals surface area (Å²) in [6.07, 6.45) is 0.809. The van der Waals surface area contributed by atoms with Gasteiger partial charge in [-0.2, -0.15) is 12.6 Å². The molecule has 0 bridgehead atoms. The van der Waals surface area contributed by atoms with Crippen LogP contribution in [0, 0.1) is 0 Å². The molecule has 0 N–H and O–H groups in total. The van der Waals surface area contributed by atoms with Crippen LogP contribution in [0.25, 0.3) is 11.0 Å². The van der Waals surface area contributed by atoms with E-state index in [-0.39, 0.29) is 0 Å². The van der Waals surface area contributed by atoms with Crippen molar-refractivity contribution in [2.45, 2.75) is 6.42 Å². The standard InChI is InChI=1S/C10H11NO2S/c1-12-7-2-3-10-8(6-7)9(4-5-14)11-13-10/h2-3,6,14H,4-5H2,1H3. The number of nitrogens with zero attached hydrogens (tertiary/aromatic N) is 1. The van der Waals surface area contributed by atoms with Crippen LogP contribution in [0.1, 0.15) is 5.69 Å². The van der Waals surface area contributed by atoms with Crippen molar-refractivity contribution in [1.82, 2.24) is 5.16 Å². The van der Waals surface area contributed by atoms with Gasteiger partial charge in [-0.1, -0.05) is 5.16 Å². The highest BCUT2D eigenvalue weighted by Gasteiger charge is 2.07. The molecule has 1 aromatic carbocycles. The summed E-state index contributed by atoms with van der Waals surface area (Å²) in [5.74, 6) is 1.58. The number of aromatic nitrogens is 1. The van der Waals surface area contributed by atoms with E-state index in [0.29, 0.717) is 0 Å². The van der Waals surface area contributed by atoms with Crippen LogP contribution in [-0.4, -0.2) is 18.0 Å². The first kappa shape index (κ1) is 9.40. The monoisotopic (exact) mass is 209 g/mol. The van der Waals surface area contributed by atoms with Crippen LogP contribution < -0.4 is 4.74 Å². The number of aryl methyl sites for hydroxylation is 1. The quantitative estimate of drug-likeness (QED) is 0.788. The minimum absolute atomic E-state index is 0.763. The van der Waals surface area contributed by atoms with Crippen molar-refractivity contribution < 1.29 is 9.26 Å².